The third-order valence-electron chi connectivity index (χ3n) is 6.23. The fraction of sp³-hybridized carbons (Fsp3) is 0.571. The van der Waals surface area contributed by atoms with Gasteiger partial charge in [-0.25, -0.2) is 4.98 Å². The van der Waals surface area contributed by atoms with Crippen LogP contribution in [-0.2, 0) is 6.54 Å². The summed E-state index contributed by atoms with van der Waals surface area (Å²) in [4.78, 5) is 7.21. The van der Waals surface area contributed by atoms with E-state index in [1.54, 1.807) is 0 Å². The lowest BCUT2D eigenvalue weighted by Crippen LogP contribution is -2.61. The lowest BCUT2D eigenvalue weighted by atomic mass is 9.70. The van der Waals surface area contributed by atoms with Crippen molar-refractivity contribution < 1.29 is 9.52 Å². The molecule has 2 aromatic rings. The molecule has 2 atom stereocenters. The van der Waals surface area contributed by atoms with E-state index in [1.807, 2.05) is 6.92 Å². The first kappa shape index (κ1) is 17.7. The van der Waals surface area contributed by atoms with Crippen LogP contribution in [0.2, 0.25) is 0 Å². The zero-order valence-electron chi connectivity index (χ0n) is 15.8. The van der Waals surface area contributed by atoms with E-state index in [4.69, 9.17) is 9.40 Å². The summed E-state index contributed by atoms with van der Waals surface area (Å²) in [6.45, 7) is 8.21. The van der Waals surface area contributed by atoms with Gasteiger partial charge in [-0.05, 0) is 58.3 Å². The summed E-state index contributed by atoms with van der Waals surface area (Å²) >= 11 is 0. The summed E-state index contributed by atoms with van der Waals surface area (Å²) < 4.78 is 5.94. The third kappa shape index (κ3) is 3.31. The van der Waals surface area contributed by atoms with Crippen LogP contribution in [0, 0.1) is 19.3 Å². The molecule has 26 heavy (non-hydrogen) atoms. The second-order valence-corrected chi connectivity index (χ2v) is 8.00. The summed E-state index contributed by atoms with van der Waals surface area (Å²) in [5, 5.41) is 13.6. The second-order valence-electron chi connectivity index (χ2n) is 8.00. The van der Waals surface area contributed by atoms with Crippen molar-refractivity contribution in [3.8, 4) is 11.5 Å². The highest BCUT2D eigenvalue weighted by Crippen LogP contribution is 2.38. The van der Waals surface area contributed by atoms with Crippen LogP contribution >= 0.6 is 0 Å². The van der Waals surface area contributed by atoms with E-state index < -0.39 is 0 Å². The highest BCUT2D eigenvalue weighted by Gasteiger charge is 2.44. The Morgan fingerprint density at radius 1 is 1.27 bits per heavy atom. The molecule has 2 fully saturated rings. The topological polar surface area (TPSA) is 61.5 Å². The first-order valence-corrected chi connectivity index (χ1v) is 9.70. The lowest BCUT2D eigenvalue weighted by molar-refractivity contribution is -0.0154. The van der Waals surface area contributed by atoms with Crippen LogP contribution in [0.1, 0.15) is 36.3 Å². The quantitative estimate of drug-likeness (QED) is 0.883. The molecule has 0 amide bonds. The van der Waals surface area contributed by atoms with Gasteiger partial charge >= 0.3 is 0 Å². The zero-order chi connectivity index (χ0) is 18.1. The Hall–Kier alpha value is -1.69. The molecule has 5 heteroatoms. The molecular formula is C21H29N3O2. The highest BCUT2D eigenvalue weighted by atomic mass is 16.4. The number of hydrogen-bond donors (Lipinski definition) is 2. The standard InChI is InChI=1S/C21H29N3O2/c1-15-4-6-17(7-5-15)20-23-18(16(2)26-20)12-24-11-9-21(14-25)8-3-10-22-19(21)13-24/h4-7,19,22,25H,3,8-14H2,1-2H3/t19-,21-/m1/s1. The van der Waals surface area contributed by atoms with Gasteiger partial charge in [0.15, 0.2) is 0 Å². The minimum atomic E-state index is 0.0701. The van der Waals surface area contributed by atoms with Crippen LogP contribution in [0.25, 0.3) is 11.5 Å². The molecule has 1 aromatic carbocycles. The molecule has 0 radical (unpaired) electrons. The average molecular weight is 355 g/mol. The molecule has 2 saturated heterocycles. The molecule has 0 bridgehead atoms. The largest absolute Gasteiger partial charge is 0.441 e. The van der Waals surface area contributed by atoms with E-state index in [9.17, 15) is 5.11 Å². The van der Waals surface area contributed by atoms with Crippen molar-refractivity contribution in [2.75, 3.05) is 26.2 Å². The fourth-order valence-electron chi connectivity index (χ4n) is 4.41. The van der Waals surface area contributed by atoms with Crippen molar-refractivity contribution in [1.29, 1.82) is 0 Å². The molecule has 0 unspecified atom stereocenters. The lowest BCUT2D eigenvalue weighted by Gasteiger charge is -2.50. The molecule has 4 rings (SSSR count). The van der Waals surface area contributed by atoms with Crippen LogP contribution in [0.4, 0.5) is 0 Å². The number of oxazole rings is 1. The van der Waals surface area contributed by atoms with Crippen LogP contribution in [0.15, 0.2) is 28.7 Å². The number of aliphatic hydroxyl groups is 1. The van der Waals surface area contributed by atoms with Crippen molar-refractivity contribution >= 4 is 0 Å². The number of nitrogens with one attached hydrogen (secondary N) is 1. The molecule has 140 valence electrons. The summed E-state index contributed by atoms with van der Waals surface area (Å²) in [6.07, 6.45) is 3.35. The van der Waals surface area contributed by atoms with E-state index in [1.165, 1.54) is 12.0 Å². The van der Waals surface area contributed by atoms with Crippen molar-refractivity contribution in [2.24, 2.45) is 5.41 Å². The minimum Gasteiger partial charge on any atom is -0.441 e. The molecule has 2 aliphatic rings. The Labute approximate surface area is 155 Å². The van der Waals surface area contributed by atoms with Gasteiger partial charge in [0, 0.05) is 30.1 Å². The van der Waals surface area contributed by atoms with E-state index in [-0.39, 0.29) is 5.41 Å². The van der Waals surface area contributed by atoms with Crippen molar-refractivity contribution in [3.63, 3.8) is 0 Å². The maximum Gasteiger partial charge on any atom is 0.226 e. The normalized spacial score (nSPS) is 26.7. The van der Waals surface area contributed by atoms with Crippen LogP contribution in [0.5, 0.6) is 0 Å². The zero-order valence-corrected chi connectivity index (χ0v) is 15.8. The van der Waals surface area contributed by atoms with Gasteiger partial charge < -0.3 is 14.8 Å². The summed E-state index contributed by atoms with van der Waals surface area (Å²) in [6, 6.07) is 8.67. The maximum absolute atomic E-state index is 9.96. The summed E-state index contributed by atoms with van der Waals surface area (Å²) in [5.41, 5.74) is 3.35. The molecule has 3 heterocycles. The van der Waals surface area contributed by atoms with Gasteiger partial charge in [-0.15, -0.1) is 0 Å². The number of likely N-dealkylation sites (tertiary alicyclic amines) is 1. The molecule has 2 N–H and O–H groups in total. The van der Waals surface area contributed by atoms with Gasteiger partial charge in [0.1, 0.15) is 5.76 Å². The van der Waals surface area contributed by atoms with Crippen LogP contribution < -0.4 is 5.32 Å². The van der Waals surface area contributed by atoms with E-state index in [0.717, 1.165) is 56.0 Å². The van der Waals surface area contributed by atoms with E-state index in [2.05, 4.69) is 41.4 Å². The molecule has 0 saturated carbocycles. The Morgan fingerprint density at radius 3 is 2.85 bits per heavy atom. The van der Waals surface area contributed by atoms with E-state index >= 15 is 0 Å². The Balaban J connectivity index is 1.47. The van der Waals surface area contributed by atoms with Gasteiger partial charge in [0.25, 0.3) is 0 Å². The van der Waals surface area contributed by atoms with Gasteiger partial charge in [0.2, 0.25) is 5.89 Å². The number of hydrogen-bond acceptors (Lipinski definition) is 5. The van der Waals surface area contributed by atoms with Gasteiger partial charge in [-0.2, -0.15) is 0 Å². The maximum atomic E-state index is 9.96. The Morgan fingerprint density at radius 2 is 2.08 bits per heavy atom. The Kier molecular flexibility index (Phi) is 4.86. The first-order chi connectivity index (χ1) is 12.6. The van der Waals surface area contributed by atoms with Crippen molar-refractivity contribution in [2.45, 2.75) is 45.7 Å². The second kappa shape index (κ2) is 7.14. The van der Waals surface area contributed by atoms with Crippen LogP contribution in [0.3, 0.4) is 0 Å². The number of nitrogens with zero attached hydrogens (tertiary/aromatic N) is 2. The highest BCUT2D eigenvalue weighted by molar-refractivity contribution is 5.54. The SMILES string of the molecule is Cc1ccc(-c2nc(CN3CC[C@@]4(CO)CCCN[C@@H]4C3)c(C)o2)cc1. The van der Waals surface area contributed by atoms with Gasteiger partial charge in [0.05, 0.1) is 12.3 Å². The summed E-state index contributed by atoms with van der Waals surface area (Å²) in [7, 11) is 0. The molecule has 1 aromatic heterocycles. The molecular weight excluding hydrogens is 326 g/mol. The third-order valence-corrected chi connectivity index (χ3v) is 6.23. The number of rotatable bonds is 4. The molecule has 0 spiro atoms. The predicted molar refractivity (Wildman–Crippen MR) is 102 cm³/mol. The molecule has 5 nitrogen and oxygen atoms in total. The predicted octanol–water partition coefficient (Wildman–Crippen LogP) is 2.89. The van der Waals surface area contributed by atoms with Crippen molar-refractivity contribution in [3.05, 3.63) is 41.3 Å². The Bertz CT molecular complexity index is 755. The van der Waals surface area contributed by atoms with Crippen LogP contribution in [-0.4, -0.2) is 47.3 Å². The van der Waals surface area contributed by atoms with E-state index in [0.29, 0.717) is 18.5 Å². The number of piperidine rings is 2. The first-order valence-electron chi connectivity index (χ1n) is 9.70. The molecule has 0 aliphatic carbocycles. The smallest absolute Gasteiger partial charge is 0.226 e. The van der Waals surface area contributed by atoms with Crippen molar-refractivity contribution in [1.82, 2.24) is 15.2 Å². The monoisotopic (exact) mass is 355 g/mol. The fourth-order valence-corrected chi connectivity index (χ4v) is 4.41. The average Bonchev–Trinajstić information content (AvgIpc) is 3.02. The number of aryl methyl sites for hydroxylation is 2. The molecule has 2 aliphatic heterocycles. The summed E-state index contributed by atoms with van der Waals surface area (Å²) in [5.74, 6) is 1.60. The minimum absolute atomic E-state index is 0.0701. The number of aliphatic hydroxyl groups excluding tert-OH is 1. The number of aromatic nitrogens is 1. The van der Waals surface area contributed by atoms with Gasteiger partial charge in [-0.1, -0.05) is 17.7 Å². The van der Waals surface area contributed by atoms with Gasteiger partial charge in [-0.3, -0.25) is 4.90 Å². The number of benzene rings is 1. The number of fused-ring (bicyclic) bond motifs is 1.